The van der Waals surface area contributed by atoms with Gasteiger partial charge in [-0.25, -0.2) is 18.3 Å². The maximum absolute atomic E-state index is 14.5. The Morgan fingerprint density at radius 3 is 2.48 bits per heavy atom. The molecule has 4 aromatic rings. The Labute approximate surface area is 194 Å². The van der Waals surface area contributed by atoms with Crippen molar-refractivity contribution in [3.05, 3.63) is 95.0 Å². The monoisotopic (exact) mass is 467 g/mol. The van der Waals surface area contributed by atoms with Crippen molar-refractivity contribution >= 4 is 29.1 Å². The maximum atomic E-state index is 14.5. The molecule has 0 saturated heterocycles. The molecule has 3 N–H and O–H groups in total. The lowest BCUT2D eigenvalue weighted by Gasteiger charge is -2.18. The highest BCUT2D eigenvalue weighted by Gasteiger charge is 2.23. The number of carbonyl (C=O) groups is 1. The minimum atomic E-state index is -0.715. The Kier molecular flexibility index (Phi) is 6.28. The molecule has 0 atom stereocenters. The van der Waals surface area contributed by atoms with Crippen molar-refractivity contribution < 1.29 is 13.6 Å². The molecule has 168 valence electrons. The van der Waals surface area contributed by atoms with Gasteiger partial charge in [0.1, 0.15) is 28.7 Å². The summed E-state index contributed by atoms with van der Waals surface area (Å²) in [6.07, 6.45) is 0. The lowest BCUT2D eigenvalue weighted by Crippen LogP contribution is -2.31. The van der Waals surface area contributed by atoms with Crippen molar-refractivity contribution in [2.45, 2.75) is 6.54 Å². The van der Waals surface area contributed by atoms with E-state index < -0.39 is 17.7 Å². The topological polar surface area (TPSA) is 76.2 Å². The zero-order valence-corrected chi connectivity index (χ0v) is 18.4. The van der Waals surface area contributed by atoms with Crippen LogP contribution in [0.25, 0.3) is 16.9 Å². The number of hydrogen-bond acceptors (Lipinski definition) is 3. The molecule has 0 aliphatic heterocycles. The van der Waals surface area contributed by atoms with Gasteiger partial charge in [-0.1, -0.05) is 54.1 Å². The van der Waals surface area contributed by atoms with Crippen molar-refractivity contribution in [1.82, 2.24) is 14.7 Å². The first-order valence-corrected chi connectivity index (χ1v) is 10.4. The van der Waals surface area contributed by atoms with Crippen molar-refractivity contribution in [2.75, 3.05) is 18.1 Å². The summed E-state index contributed by atoms with van der Waals surface area (Å²) in [5.41, 5.74) is 8.08. The van der Waals surface area contributed by atoms with E-state index in [1.54, 1.807) is 31.3 Å². The van der Waals surface area contributed by atoms with Crippen LogP contribution in [0.1, 0.15) is 5.56 Å². The number of urea groups is 1. The van der Waals surface area contributed by atoms with E-state index >= 15 is 0 Å². The fraction of sp³-hybridized carbons (Fsp3) is 0.0833. The van der Waals surface area contributed by atoms with Crippen LogP contribution in [0, 0.1) is 11.6 Å². The van der Waals surface area contributed by atoms with Crippen molar-refractivity contribution in [3.8, 4) is 16.9 Å². The van der Waals surface area contributed by atoms with E-state index in [0.717, 1.165) is 28.4 Å². The van der Waals surface area contributed by atoms with E-state index in [9.17, 15) is 13.6 Å². The Hall–Kier alpha value is -3.91. The number of aromatic nitrogens is 2. The van der Waals surface area contributed by atoms with Gasteiger partial charge in [-0.2, -0.15) is 5.10 Å². The maximum Gasteiger partial charge on any atom is 0.322 e. The van der Waals surface area contributed by atoms with Gasteiger partial charge >= 0.3 is 6.03 Å². The van der Waals surface area contributed by atoms with Crippen molar-refractivity contribution in [1.29, 1.82) is 0 Å². The number of anilines is 2. The molecule has 0 aliphatic carbocycles. The molecule has 0 aliphatic rings. The quantitative estimate of drug-likeness (QED) is 0.394. The van der Waals surface area contributed by atoms with Crippen LogP contribution >= 0.6 is 11.6 Å². The van der Waals surface area contributed by atoms with Gasteiger partial charge in [0.25, 0.3) is 0 Å². The first kappa shape index (κ1) is 22.3. The second kappa shape index (κ2) is 9.30. The number of halogens is 3. The molecule has 9 heteroatoms. The van der Waals surface area contributed by atoms with Gasteiger partial charge in [-0.15, -0.1) is 0 Å². The molecule has 33 heavy (non-hydrogen) atoms. The number of carbonyl (C=O) groups excluding carboxylic acids is 1. The third-order valence-electron chi connectivity index (χ3n) is 5.02. The molecule has 1 heterocycles. The summed E-state index contributed by atoms with van der Waals surface area (Å²) >= 11 is 5.99. The molecule has 0 bridgehead atoms. The number of nitrogen functional groups attached to an aromatic ring is 1. The van der Waals surface area contributed by atoms with Crippen LogP contribution in [-0.4, -0.2) is 27.8 Å². The van der Waals surface area contributed by atoms with E-state index in [-0.39, 0.29) is 22.9 Å². The zero-order chi connectivity index (χ0) is 23.5. The molecule has 0 unspecified atom stereocenters. The number of nitrogens with zero attached hydrogens (tertiary/aromatic N) is 3. The third-order valence-corrected chi connectivity index (χ3v) is 5.27. The largest absolute Gasteiger partial charge is 0.382 e. The summed E-state index contributed by atoms with van der Waals surface area (Å²) in [6, 6.07) is 18.7. The van der Waals surface area contributed by atoms with Crippen LogP contribution in [0.15, 0.2) is 72.8 Å². The molecule has 0 spiro atoms. The Balaban J connectivity index is 1.74. The van der Waals surface area contributed by atoms with Gasteiger partial charge < -0.3 is 16.0 Å². The number of nitrogens with one attached hydrogen (secondary N) is 1. The molecule has 0 saturated carbocycles. The Morgan fingerprint density at radius 2 is 1.79 bits per heavy atom. The predicted octanol–water partition coefficient (Wildman–Crippen LogP) is 5.72. The van der Waals surface area contributed by atoms with Crippen LogP contribution in [-0.2, 0) is 6.54 Å². The molecule has 0 fully saturated rings. The van der Waals surface area contributed by atoms with E-state index in [2.05, 4.69) is 10.4 Å². The van der Waals surface area contributed by atoms with Crippen molar-refractivity contribution in [3.63, 3.8) is 0 Å². The third kappa shape index (κ3) is 4.80. The highest BCUT2D eigenvalue weighted by Crippen LogP contribution is 2.35. The number of amides is 2. The highest BCUT2D eigenvalue weighted by molar-refractivity contribution is 6.30. The molecular formula is C24H20ClF2N5O. The van der Waals surface area contributed by atoms with Gasteiger partial charge in [0.15, 0.2) is 5.82 Å². The first-order chi connectivity index (χ1) is 15.8. The van der Waals surface area contributed by atoms with Crippen LogP contribution in [0.4, 0.5) is 25.1 Å². The van der Waals surface area contributed by atoms with Gasteiger partial charge in [0.2, 0.25) is 0 Å². The Bertz CT molecular complexity index is 1290. The normalized spacial score (nSPS) is 10.8. The van der Waals surface area contributed by atoms with Gasteiger partial charge in [0.05, 0.1) is 0 Å². The number of benzene rings is 3. The summed E-state index contributed by atoms with van der Waals surface area (Å²) in [5, 5.41) is 7.66. The fourth-order valence-corrected chi connectivity index (χ4v) is 3.45. The lowest BCUT2D eigenvalue weighted by molar-refractivity contribution is 0.220. The van der Waals surface area contributed by atoms with E-state index in [0.29, 0.717) is 17.1 Å². The molecule has 6 nitrogen and oxygen atoms in total. The smallest absolute Gasteiger partial charge is 0.322 e. The van der Waals surface area contributed by atoms with Crippen molar-refractivity contribution in [2.24, 2.45) is 0 Å². The van der Waals surface area contributed by atoms with E-state index in [4.69, 9.17) is 17.3 Å². The minimum Gasteiger partial charge on any atom is -0.382 e. The molecule has 4 rings (SSSR count). The average molecular weight is 468 g/mol. The highest BCUT2D eigenvalue weighted by atomic mass is 35.5. The van der Waals surface area contributed by atoms with Crippen LogP contribution in [0.5, 0.6) is 0 Å². The average Bonchev–Trinajstić information content (AvgIpc) is 3.12. The predicted molar refractivity (Wildman–Crippen MR) is 125 cm³/mol. The summed E-state index contributed by atoms with van der Waals surface area (Å²) in [7, 11) is 1.64. The molecular weight excluding hydrogens is 448 g/mol. The number of hydrogen-bond donors (Lipinski definition) is 2. The van der Waals surface area contributed by atoms with Gasteiger partial charge in [0, 0.05) is 30.2 Å². The van der Waals surface area contributed by atoms with Gasteiger partial charge in [-0.05, 0) is 29.8 Å². The molecule has 0 radical (unpaired) electrons. The molecule has 1 aromatic heterocycles. The number of rotatable bonds is 5. The minimum absolute atomic E-state index is 0.0501. The SMILES string of the molecule is CN(Cc1ccccc1)C(=O)Nc1c(-c2ccc(Cl)cc2)nn(-c2cc(F)ccc2F)c1N. The fourth-order valence-electron chi connectivity index (χ4n) is 3.33. The molecule has 3 aromatic carbocycles. The van der Waals surface area contributed by atoms with Crippen LogP contribution in [0.2, 0.25) is 5.02 Å². The van der Waals surface area contributed by atoms with Gasteiger partial charge in [-0.3, -0.25) is 0 Å². The van der Waals surface area contributed by atoms with Crippen LogP contribution in [0.3, 0.4) is 0 Å². The van der Waals surface area contributed by atoms with Crippen LogP contribution < -0.4 is 11.1 Å². The second-order valence-corrected chi connectivity index (χ2v) is 7.83. The lowest BCUT2D eigenvalue weighted by atomic mass is 10.1. The summed E-state index contributed by atoms with van der Waals surface area (Å²) in [5.74, 6) is -1.42. The Morgan fingerprint density at radius 1 is 1.09 bits per heavy atom. The first-order valence-electron chi connectivity index (χ1n) is 9.99. The van der Waals surface area contributed by atoms with E-state index in [1.807, 2.05) is 30.3 Å². The summed E-state index contributed by atoms with van der Waals surface area (Å²) < 4.78 is 29.4. The standard InChI is InChI=1S/C24H20ClF2N5O/c1-31(14-15-5-3-2-4-6-15)24(33)29-22-21(16-7-9-17(25)10-8-16)30-32(23(22)28)20-13-18(26)11-12-19(20)27/h2-13H,14,28H2,1H3,(H,29,33). The van der Waals surface area contributed by atoms with E-state index in [1.165, 1.54) is 4.90 Å². The summed E-state index contributed by atoms with van der Waals surface area (Å²) in [4.78, 5) is 14.4. The number of nitrogens with two attached hydrogens (primary N) is 1. The second-order valence-electron chi connectivity index (χ2n) is 7.40. The zero-order valence-electron chi connectivity index (χ0n) is 17.6. The molecule has 2 amide bonds. The summed E-state index contributed by atoms with van der Waals surface area (Å²) in [6.45, 7) is 0.357.